The number of aryl methyl sites for hydroxylation is 1. The number of pyridine rings is 2. The van der Waals surface area contributed by atoms with Crippen molar-refractivity contribution in [2.24, 2.45) is 5.92 Å². The summed E-state index contributed by atoms with van der Waals surface area (Å²) in [5.41, 5.74) is 0.867. The fraction of sp³-hybridized carbons (Fsp3) is 0.318. The zero-order valence-electron chi connectivity index (χ0n) is 18.1. The molecule has 0 aliphatic carbocycles. The molecule has 1 amide bonds. The van der Waals surface area contributed by atoms with Gasteiger partial charge in [-0.15, -0.1) is 0 Å². The van der Waals surface area contributed by atoms with Gasteiger partial charge in [-0.05, 0) is 6.92 Å². The summed E-state index contributed by atoms with van der Waals surface area (Å²) in [5.74, 6) is -0.251. The van der Waals surface area contributed by atoms with Crippen LogP contribution in [0.5, 0.6) is 11.6 Å². The number of aliphatic hydroxyl groups is 1. The first-order valence-electron chi connectivity index (χ1n) is 9.97. The SMILES string of the molecule is CNC(=O)[C@@H](C)COc1ncc(Cl)c2c1c(=O)cc(C)n2-c1c(Cl)cc(OCCO)cc1Cl. The van der Waals surface area contributed by atoms with E-state index < -0.39 is 5.92 Å². The van der Waals surface area contributed by atoms with Gasteiger partial charge in [0, 0.05) is 30.9 Å². The lowest BCUT2D eigenvalue weighted by Gasteiger charge is -2.20. The van der Waals surface area contributed by atoms with Crippen molar-refractivity contribution in [1.82, 2.24) is 14.9 Å². The summed E-state index contributed by atoms with van der Waals surface area (Å²) < 4.78 is 12.8. The Kier molecular flexibility index (Phi) is 8.07. The van der Waals surface area contributed by atoms with Gasteiger partial charge in [-0.1, -0.05) is 41.7 Å². The standard InChI is InChI=1S/C22H22Cl3N3O5/c1-11(21(31)26-3)10-33-22-18-17(30)6-12(2)28(20(18)16(25)9-27-22)19-14(23)7-13(8-15(19)24)32-5-4-29/h6-9,11,29H,4-5,10H2,1-3H3,(H,26,31)/t11-/m0/s1. The minimum Gasteiger partial charge on any atom is -0.491 e. The van der Waals surface area contributed by atoms with Gasteiger partial charge in [0.2, 0.25) is 11.8 Å². The maximum atomic E-state index is 13.0. The van der Waals surface area contributed by atoms with Crippen LogP contribution in [0.25, 0.3) is 16.6 Å². The largest absolute Gasteiger partial charge is 0.491 e. The number of aliphatic hydroxyl groups excluding tert-OH is 1. The van der Waals surface area contributed by atoms with Crippen LogP contribution in [-0.2, 0) is 4.79 Å². The third-order valence-corrected chi connectivity index (χ3v) is 5.73. The number of benzene rings is 1. The van der Waals surface area contributed by atoms with E-state index in [1.54, 1.807) is 30.5 Å². The average Bonchev–Trinajstić information content (AvgIpc) is 2.77. The van der Waals surface area contributed by atoms with Gasteiger partial charge in [0.1, 0.15) is 24.3 Å². The van der Waals surface area contributed by atoms with E-state index in [0.29, 0.717) is 22.6 Å². The molecule has 0 fully saturated rings. The van der Waals surface area contributed by atoms with E-state index in [-0.39, 0.29) is 57.5 Å². The van der Waals surface area contributed by atoms with Crippen molar-refractivity contribution in [3.05, 3.63) is 55.4 Å². The second-order valence-electron chi connectivity index (χ2n) is 7.25. The molecule has 0 aliphatic heterocycles. The molecule has 0 unspecified atom stereocenters. The van der Waals surface area contributed by atoms with Gasteiger partial charge in [0.25, 0.3) is 0 Å². The minimum absolute atomic E-state index is 0.00906. The van der Waals surface area contributed by atoms with E-state index in [0.717, 1.165) is 0 Å². The highest BCUT2D eigenvalue weighted by molar-refractivity contribution is 6.39. The van der Waals surface area contributed by atoms with E-state index in [4.69, 9.17) is 49.4 Å². The molecule has 0 bridgehead atoms. The Morgan fingerprint density at radius 1 is 1.18 bits per heavy atom. The zero-order valence-corrected chi connectivity index (χ0v) is 20.4. The van der Waals surface area contributed by atoms with Crippen LogP contribution in [0, 0.1) is 12.8 Å². The number of carbonyl (C=O) groups is 1. The zero-order chi connectivity index (χ0) is 24.3. The quantitative estimate of drug-likeness (QED) is 0.474. The molecule has 3 aromatic rings. The van der Waals surface area contributed by atoms with Crippen LogP contribution in [-0.4, -0.2) is 47.4 Å². The summed E-state index contributed by atoms with van der Waals surface area (Å²) >= 11 is 19.6. The number of hydrogen-bond acceptors (Lipinski definition) is 6. The highest BCUT2D eigenvalue weighted by Crippen LogP contribution is 2.38. The molecule has 0 spiro atoms. The molecule has 2 heterocycles. The molecule has 176 valence electrons. The van der Waals surface area contributed by atoms with Crippen LogP contribution in [0.3, 0.4) is 0 Å². The molecule has 1 atom stereocenters. The predicted molar refractivity (Wildman–Crippen MR) is 128 cm³/mol. The minimum atomic E-state index is -0.467. The molecule has 0 aliphatic rings. The van der Waals surface area contributed by atoms with E-state index in [1.807, 2.05) is 0 Å². The summed E-state index contributed by atoms with van der Waals surface area (Å²) in [6.07, 6.45) is 1.36. The van der Waals surface area contributed by atoms with Gasteiger partial charge in [0.05, 0.1) is 45.0 Å². The Morgan fingerprint density at radius 2 is 1.85 bits per heavy atom. The van der Waals surface area contributed by atoms with Crippen LogP contribution in [0.15, 0.2) is 29.2 Å². The number of halogens is 3. The second kappa shape index (κ2) is 10.6. The second-order valence-corrected chi connectivity index (χ2v) is 8.48. The van der Waals surface area contributed by atoms with E-state index >= 15 is 0 Å². The first-order chi connectivity index (χ1) is 15.7. The third-order valence-electron chi connectivity index (χ3n) is 4.87. The van der Waals surface area contributed by atoms with Gasteiger partial charge in [-0.3, -0.25) is 9.59 Å². The fourth-order valence-electron chi connectivity index (χ4n) is 3.33. The van der Waals surface area contributed by atoms with Crippen LogP contribution < -0.4 is 20.2 Å². The first-order valence-corrected chi connectivity index (χ1v) is 11.1. The van der Waals surface area contributed by atoms with E-state index in [1.165, 1.54) is 19.3 Å². The number of nitrogens with zero attached hydrogens (tertiary/aromatic N) is 2. The van der Waals surface area contributed by atoms with Crippen molar-refractivity contribution in [3.63, 3.8) is 0 Å². The number of rotatable bonds is 8. The summed E-state index contributed by atoms with van der Waals surface area (Å²) in [6.45, 7) is 3.34. The highest BCUT2D eigenvalue weighted by atomic mass is 35.5. The average molecular weight is 515 g/mol. The number of aromatic nitrogens is 2. The molecular weight excluding hydrogens is 493 g/mol. The van der Waals surface area contributed by atoms with Crippen molar-refractivity contribution >= 4 is 51.6 Å². The fourth-order valence-corrected chi connectivity index (χ4v) is 4.20. The molecule has 2 N–H and O–H groups in total. The van der Waals surface area contributed by atoms with Crippen molar-refractivity contribution in [1.29, 1.82) is 0 Å². The molecular formula is C22H22Cl3N3O5. The number of nitrogens with one attached hydrogen (secondary N) is 1. The maximum absolute atomic E-state index is 13.0. The van der Waals surface area contributed by atoms with Crippen molar-refractivity contribution in [3.8, 4) is 17.3 Å². The first kappa shape index (κ1) is 25.1. The molecule has 11 heteroatoms. The number of fused-ring (bicyclic) bond motifs is 1. The Labute approximate surface area is 205 Å². The Morgan fingerprint density at radius 3 is 2.45 bits per heavy atom. The topological polar surface area (TPSA) is 103 Å². The lowest BCUT2D eigenvalue weighted by Crippen LogP contribution is -2.29. The maximum Gasteiger partial charge on any atom is 0.227 e. The summed E-state index contributed by atoms with van der Waals surface area (Å²) in [6, 6.07) is 4.51. The normalized spacial score (nSPS) is 12.0. The van der Waals surface area contributed by atoms with Crippen molar-refractivity contribution in [2.75, 3.05) is 26.9 Å². The number of hydrogen-bond donors (Lipinski definition) is 2. The van der Waals surface area contributed by atoms with E-state index in [2.05, 4.69) is 10.3 Å². The smallest absolute Gasteiger partial charge is 0.227 e. The van der Waals surface area contributed by atoms with Gasteiger partial charge in [0.15, 0.2) is 5.43 Å². The van der Waals surface area contributed by atoms with Gasteiger partial charge in [-0.2, -0.15) is 0 Å². The predicted octanol–water partition coefficient (Wildman–Crippen LogP) is 3.79. The van der Waals surface area contributed by atoms with Crippen LogP contribution >= 0.6 is 34.8 Å². The van der Waals surface area contributed by atoms with Crippen LogP contribution in [0.2, 0.25) is 15.1 Å². The van der Waals surface area contributed by atoms with Gasteiger partial charge >= 0.3 is 0 Å². The summed E-state index contributed by atoms with van der Waals surface area (Å²) in [4.78, 5) is 28.9. The number of carbonyl (C=O) groups excluding carboxylic acids is 1. The van der Waals surface area contributed by atoms with E-state index in [9.17, 15) is 9.59 Å². The lowest BCUT2D eigenvalue weighted by molar-refractivity contribution is -0.124. The van der Waals surface area contributed by atoms with Gasteiger partial charge < -0.3 is 24.5 Å². The lowest BCUT2D eigenvalue weighted by atomic mass is 10.1. The van der Waals surface area contributed by atoms with Crippen molar-refractivity contribution < 1.29 is 19.4 Å². The molecule has 0 radical (unpaired) electrons. The molecule has 3 rings (SSSR count). The van der Waals surface area contributed by atoms with Crippen LogP contribution in [0.4, 0.5) is 0 Å². The Hall–Kier alpha value is -2.52. The molecule has 33 heavy (non-hydrogen) atoms. The van der Waals surface area contributed by atoms with Gasteiger partial charge in [-0.25, -0.2) is 4.98 Å². The summed E-state index contributed by atoms with van der Waals surface area (Å²) in [7, 11) is 1.53. The third kappa shape index (κ3) is 5.19. The van der Waals surface area contributed by atoms with Crippen molar-refractivity contribution in [2.45, 2.75) is 13.8 Å². The molecule has 1 aromatic carbocycles. The highest BCUT2D eigenvalue weighted by Gasteiger charge is 2.22. The number of ether oxygens (including phenoxy) is 2. The molecule has 8 nitrogen and oxygen atoms in total. The van der Waals surface area contributed by atoms with Crippen LogP contribution in [0.1, 0.15) is 12.6 Å². The number of amides is 1. The monoisotopic (exact) mass is 513 g/mol. The molecule has 0 saturated carbocycles. The Balaban J connectivity index is 2.20. The molecule has 2 aromatic heterocycles. The molecule has 0 saturated heterocycles. The summed E-state index contributed by atoms with van der Waals surface area (Å²) in [5, 5.41) is 12.3. The Bertz CT molecular complexity index is 1240.